The molecule has 2 aromatic heterocycles. The van der Waals surface area contributed by atoms with Crippen molar-refractivity contribution in [3.05, 3.63) is 40.5 Å². The summed E-state index contributed by atoms with van der Waals surface area (Å²) in [5, 5.41) is 11.2. The maximum absolute atomic E-state index is 13.2. The molecular formula is C43H80N10O4S2. The van der Waals surface area contributed by atoms with Crippen molar-refractivity contribution in [3.8, 4) is 0 Å². The lowest BCUT2D eigenvalue weighted by atomic mass is 9.86. The summed E-state index contributed by atoms with van der Waals surface area (Å²) in [5.74, 6) is 0.868. The summed E-state index contributed by atoms with van der Waals surface area (Å²) in [6.07, 6.45) is 12.5. The van der Waals surface area contributed by atoms with Gasteiger partial charge in [0.2, 0.25) is 11.8 Å². The normalized spacial score (nSPS) is 15.5. The second-order valence-corrected chi connectivity index (χ2v) is 17.5. The van der Waals surface area contributed by atoms with Gasteiger partial charge in [0.1, 0.15) is 23.7 Å². The second kappa shape index (κ2) is 25.4. The number of nitrogens with one attached hydrogen (secondary N) is 4. The fourth-order valence-electron chi connectivity index (χ4n) is 7.15. The van der Waals surface area contributed by atoms with Crippen LogP contribution < -0.4 is 21.3 Å². The Morgan fingerprint density at radius 3 is 1.59 bits per heavy atom. The molecule has 0 saturated carbocycles. The number of aromatic nitrogens is 4. The summed E-state index contributed by atoms with van der Waals surface area (Å²) in [5.41, 5.74) is 1.97. The van der Waals surface area contributed by atoms with Crippen molar-refractivity contribution in [2.45, 2.75) is 152 Å². The molecule has 0 saturated heterocycles. The predicted octanol–water partition coefficient (Wildman–Crippen LogP) is 5.63. The minimum Gasteiger partial charge on any atom is -0.357 e. The molecule has 4 heterocycles. The monoisotopic (exact) mass is 865 g/mol. The molecule has 16 heteroatoms. The Labute approximate surface area is 369 Å². The zero-order chi connectivity index (χ0) is 41.8. The molecule has 2 aromatic rings. The van der Waals surface area contributed by atoms with E-state index < -0.39 is 22.9 Å². The molecule has 2 atom stereocenters. The highest BCUT2D eigenvalue weighted by atomic mass is 32.1. The maximum atomic E-state index is 13.2. The standard InChI is InChI=1S/C21H37N5O2.C21H35N5O2.CH4.2H2S/c2*1-7-8-9-11-16-23-17(15-14-25(6)12-10-13-26(15)16)19(27)24-18(20(28)22-5)21(2,3)4;;;/h18H,7-14H2,1-6H3,(H,22,28)(H,24,27);9,11,18H,7-8,10,12-14H2,1-6H3,(H,22,28)(H,24,27);1H4;2*1H2/b;11-9+;;;/t2*18-;;;/m11.../s1. The highest BCUT2D eigenvalue weighted by Gasteiger charge is 2.36. The summed E-state index contributed by atoms with van der Waals surface area (Å²) in [4.78, 5) is 64.8. The van der Waals surface area contributed by atoms with Gasteiger partial charge >= 0.3 is 0 Å². The van der Waals surface area contributed by atoms with Gasteiger partial charge in [-0.05, 0) is 69.8 Å². The maximum Gasteiger partial charge on any atom is 0.272 e. The molecule has 0 fully saturated rings. The first kappa shape index (κ1) is 55.7. The van der Waals surface area contributed by atoms with Crippen LogP contribution in [-0.4, -0.2) is 106 Å². The number of carbonyl (C=O) groups excluding carboxylic acids is 4. The van der Waals surface area contributed by atoms with Gasteiger partial charge in [-0.15, -0.1) is 0 Å². The molecule has 14 nitrogen and oxygen atoms in total. The van der Waals surface area contributed by atoms with Crippen LogP contribution in [0.25, 0.3) is 6.08 Å². The number of hydrogen-bond donors (Lipinski definition) is 4. The van der Waals surface area contributed by atoms with Crippen LogP contribution in [0.15, 0.2) is 6.08 Å². The molecule has 2 aliphatic rings. The number of fused-ring (bicyclic) bond motifs is 2. The number of unbranched alkanes of at least 4 members (excludes halogenated alkanes) is 3. The Hall–Kier alpha value is -3.34. The molecule has 4 amide bonds. The van der Waals surface area contributed by atoms with Crippen LogP contribution in [0.5, 0.6) is 0 Å². The topological polar surface area (TPSA) is 159 Å². The van der Waals surface area contributed by atoms with E-state index in [-0.39, 0.29) is 58.0 Å². The summed E-state index contributed by atoms with van der Waals surface area (Å²) in [6.45, 7) is 21.0. The van der Waals surface area contributed by atoms with Gasteiger partial charge in [0.25, 0.3) is 11.8 Å². The van der Waals surface area contributed by atoms with E-state index >= 15 is 0 Å². The Balaban J connectivity index is 0.00000109. The van der Waals surface area contributed by atoms with Gasteiger partial charge in [0, 0.05) is 46.7 Å². The Kier molecular flexibility index (Phi) is 24.0. The van der Waals surface area contributed by atoms with Crippen LogP contribution in [-0.2, 0) is 42.2 Å². The number of imidazole rings is 2. The van der Waals surface area contributed by atoms with Crippen LogP contribution in [0.2, 0.25) is 0 Å². The fourth-order valence-corrected chi connectivity index (χ4v) is 7.15. The average Bonchev–Trinajstić information content (AvgIpc) is 3.47. The molecule has 0 unspecified atom stereocenters. The van der Waals surface area contributed by atoms with E-state index in [0.717, 1.165) is 101 Å². The third kappa shape index (κ3) is 15.6. The number of likely N-dealkylation sites (N-methyl/N-ethyl adjacent to an activating group) is 2. The van der Waals surface area contributed by atoms with E-state index in [0.29, 0.717) is 24.5 Å². The molecule has 0 radical (unpaired) electrons. The van der Waals surface area contributed by atoms with E-state index in [1.807, 2.05) is 47.6 Å². The number of aryl methyl sites for hydroxylation is 1. The fraction of sp³-hybridized carbons (Fsp3) is 0.721. The van der Waals surface area contributed by atoms with Crippen LogP contribution in [0.1, 0.15) is 152 Å². The van der Waals surface area contributed by atoms with Gasteiger partial charge in [-0.1, -0.05) is 88.2 Å². The van der Waals surface area contributed by atoms with Crippen LogP contribution in [0.4, 0.5) is 0 Å². The van der Waals surface area contributed by atoms with Gasteiger partial charge in [-0.2, -0.15) is 27.0 Å². The minimum absolute atomic E-state index is 0. The lowest BCUT2D eigenvalue weighted by Crippen LogP contribution is -2.53. The molecule has 0 aliphatic carbocycles. The van der Waals surface area contributed by atoms with Gasteiger partial charge < -0.3 is 40.2 Å². The van der Waals surface area contributed by atoms with Crippen LogP contribution >= 0.6 is 27.0 Å². The van der Waals surface area contributed by atoms with Crippen molar-refractivity contribution in [1.29, 1.82) is 0 Å². The van der Waals surface area contributed by atoms with E-state index in [1.165, 1.54) is 0 Å². The number of nitrogens with zero attached hydrogens (tertiary/aromatic N) is 6. The van der Waals surface area contributed by atoms with Gasteiger partial charge in [-0.25, -0.2) is 9.97 Å². The first-order chi connectivity index (χ1) is 26.4. The molecule has 59 heavy (non-hydrogen) atoms. The summed E-state index contributed by atoms with van der Waals surface area (Å²) in [7, 11) is 7.31. The Bertz CT molecular complexity index is 1670. The molecule has 2 aliphatic heterocycles. The number of rotatable bonds is 13. The van der Waals surface area contributed by atoms with Crippen LogP contribution in [0, 0.1) is 10.8 Å². The molecule has 4 N–H and O–H groups in total. The number of carbonyl (C=O) groups is 4. The first-order valence-electron chi connectivity index (χ1n) is 20.6. The first-order valence-corrected chi connectivity index (χ1v) is 20.6. The van der Waals surface area contributed by atoms with Gasteiger partial charge in [0.05, 0.1) is 11.4 Å². The quantitative estimate of drug-likeness (QED) is 0.189. The van der Waals surface area contributed by atoms with E-state index in [9.17, 15) is 19.2 Å². The lowest BCUT2D eigenvalue weighted by Gasteiger charge is -2.29. The van der Waals surface area contributed by atoms with Crippen molar-refractivity contribution < 1.29 is 19.2 Å². The zero-order valence-corrected chi connectivity index (χ0v) is 39.5. The minimum atomic E-state index is -0.634. The van der Waals surface area contributed by atoms with Crippen molar-refractivity contribution in [3.63, 3.8) is 0 Å². The van der Waals surface area contributed by atoms with Crippen molar-refractivity contribution in [1.82, 2.24) is 50.2 Å². The van der Waals surface area contributed by atoms with Crippen molar-refractivity contribution in [2.24, 2.45) is 10.8 Å². The Morgan fingerprint density at radius 1 is 0.695 bits per heavy atom. The third-order valence-corrected chi connectivity index (χ3v) is 10.4. The van der Waals surface area contributed by atoms with E-state index in [1.54, 1.807) is 14.1 Å². The molecule has 0 spiro atoms. The average molecular weight is 865 g/mol. The number of hydrogen-bond acceptors (Lipinski definition) is 8. The molecule has 4 rings (SSSR count). The number of amides is 4. The van der Waals surface area contributed by atoms with Crippen LogP contribution in [0.3, 0.4) is 0 Å². The van der Waals surface area contributed by atoms with E-state index in [4.69, 9.17) is 4.98 Å². The van der Waals surface area contributed by atoms with E-state index in [2.05, 4.69) is 79.2 Å². The SMILES string of the molecule is C.CCC/C=C/c1nc(C(=O)N[C@H](C(=O)NC)C(C)(C)C)c2n1CCCN(C)C2.CCCCCc1nc(C(=O)N[C@H](C(=O)NC)C(C)(C)C)c2n1CCCN(C)C2.S.S. The van der Waals surface area contributed by atoms with Crippen molar-refractivity contribution in [2.75, 3.05) is 41.3 Å². The second-order valence-electron chi connectivity index (χ2n) is 17.5. The van der Waals surface area contributed by atoms with Gasteiger partial charge in [-0.3, -0.25) is 19.2 Å². The summed E-state index contributed by atoms with van der Waals surface area (Å²) in [6, 6.07) is -1.25. The summed E-state index contributed by atoms with van der Waals surface area (Å²) >= 11 is 0. The predicted molar refractivity (Wildman–Crippen MR) is 251 cm³/mol. The van der Waals surface area contributed by atoms with Gasteiger partial charge in [0.15, 0.2) is 11.4 Å². The van der Waals surface area contributed by atoms with Crippen molar-refractivity contribution >= 4 is 56.7 Å². The molecule has 0 aromatic carbocycles. The molecular weight excluding hydrogens is 785 g/mol. The highest BCUT2D eigenvalue weighted by Crippen LogP contribution is 2.25. The number of allylic oxidation sites excluding steroid dienone is 1. The lowest BCUT2D eigenvalue weighted by molar-refractivity contribution is -0.125. The zero-order valence-electron chi connectivity index (χ0n) is 37.5. The highest BCUT2D eigenvalue weighted by molar-refractivity contribution is 7.59. The third-order valence-electron chi connectivity index (χ3n) is 10.4. The smallest absolute Gasteiger partial charge is 0.272 e. The molecule has 338 valence electrons. The largest absolute Gasteiger partial charge is 0.357 e. The molecule has 0 bridgehead atoms. The summed E-state index contributed by atoms with van der Waals surface area (Å²) < 4.78 is 4.39. The Morgan fingerprint density at radius 2 is 1.15 bits per heavy atom.